The number of fused-ring (bicyclic) bond motifs is 7. The highest BCUT2D eigenvalue weighted by Crippen LogP contribution is 2.77. The van der Waals surface area contributed by atoms with Crippen molar-refractivity contribution in [3.05, 3.63) is 0 Å². The topological polar surface area (TPSA) is 69.7 Å². The monoisotopic (exact) mass is 528 g/mol. The zero-order valence-corrected chi connectivity index (χ0v) is 25.3. The molecule has 5 saturated carbocycles. The quantitative estimate of drug-likeness (QED) is 0.362. The van der Waals surface area contributed by atoms with E-state index in [-0.39, 0.29) is 51.0 Å². The van der Waals surface area contributed by atoms with Crippen molar-refractivity contribution in [3.63, 3.8) is 0 Å². The third-order valence-electron chi connectivity index (χ3n) is 13.9. The molecule has 0 amide bonds. The fraction of sp³-hybridized carbons (Fsp3) is 0.909. The maximum atomic E-state index is 13.0. The minimum Gasteiger partial charge on any atom is -0.465 e. The molecule has 0 bridgehead atoms. The summed E-state index contributed by atoms with van der Waals surface area (Å²) in [5.74, 6) is 2.05. The molecule has 0 aromatic rings. The average Bonchev–Trinajstić information content (AvgIpc) is 3.20. The van der Waals surface area contributed by atoms with E-state index in [0.29, 0.717) is 36.1 Å². The summed E-state index contributed by atoms with van der Waals surface area (Å²) >= 11 is 0. The first-order chi connectivity index (χ1) is 17.6. The molecule has 214 valence electrons. The van der Waals surface area contributed by atoms with Crippen molar-refractivity contribution >= 4 is 17.7 Å². The van der Waals surface area contributed by atoms with Gasteiger partial charge in [0.1, 0.15) is 11.9 Å². The van der Waals surface area contributed by atoms with E-state index in [4.69, 9.17) is 9.47 Å². The van der Waals surface area contributed by atoms with Crippen LogP contribution in [0.25, 0.3) is 0 Å². The van der Waals surface area contributed by atoms with Gasteiger partial charge in [-0.05, 0) is 111 Å². The fourth-order valence-corrected chi connectivity index (χ4v) is 12.1. The summed E-state index contributed by atoms with van der Waals surface area (Å²) in [6.45, 7) is 17.8. The molecule has 0 aromatic carbocycles. The smallest absolute Gasteiger partial charge is 0.302 e. The lowest BCUT2D eigenvalue weighted by Gasteiger charge is -2.73. The van der Waals surface area contributed by atoms with Crippen molar-refractivity contribution in [2.24, 2.45) is 56.7 Å². The van der Waals surface area contributed by atoms with Gasteiger partial charge in [0.25, 0.3) is 0 Å². The van der Waals surface area contributed by atoms with Crippen LogP contribution in [-0.2, 0) is 23.9 Å². The van der Waals surface area contributed by atoms with Crippen molar-refractivity contribution in [1.29, 1.82) is 0 Å². The highest BCUT2D eigenvalue weighted by atomic mass is 16.5. The van der Waals surface area contributed by atoms with Crippen LogP contribution < -0.4 is 0 Å². The van der Waals surface area contributed by atoms with Crippen LogP contribution >= 0.6 is 0 Å². The van der Waals surface area contributed by atoms with Gasteiger partial charge < -0.3 is 9.47 Å². The van der Waals surface area contributed by atoms with E-state index in [9.17, 15) is 14.4 Å². The summed E-state index contributed by atoms with van der Waals surface area (Å²) < 4.78 is 11.6. The number of ether oxygens (including phenoxy) is 2. The molecular weight excluding hydrogens is 476 g/mol. The largest absolute Gasteiger partial charge is 0.465 e. The molecule has 0 spiro atoms. The van der Waals surface area contributed by atoms with Gasteiger partial charge in [-0.15, -0.1) is 0 Å². The first-order valence-corrected chi connectivity index (χ1v) is 15.4. The van der Waals surface area contributed by atoms with E-state index < -0.39 is 0 Å². The van der Waals surface area contributed by atoms with Crippen LogP contribution in [0.3, 0.4) is 0 Å². The molecule has 38 heavy (non-hydrogen) atoms. The number of Topliss-reactive ketones (excluding diaryl/α,β-unsaturated/α-hetero) is 1. The molecule has 10 atom stereocenters. The Kier molecular flexibility index (Phi) is 6.71. The summed E-state index contributed by atoms with van der Waals surface area (Å²) in [4.78, 5) is 36.8. The number of rotatable bonds is 4. The summed E-state index contributed by atoms with van der Waals surface area (Å²) in [6.07, 6.45) is 11.0. The maximum Gasteiger partial charge on any atom is 0.302 e. The molecule has 5 nitrogen and oxygen atoms in total. The Hall–Kier alpha value is -1.39. The van der Waals surface area contributed by atoms with Crippen LogP contribution in [0.1, 0.15) is 120 Å². The third-order valence-corrected chi connectivity index (χ3v) is 13.9. The number of hydrogen-bond donors (Lipinski definition) is 0. The number of hydrogen-bond acceptors (Lipinski definition) is 5. The number of ketones is 1. The van der Waals surface area contributed by atoms with Gasteiger partial charge in [0.05, 0.1) is 6.61 Å². The van der Waals surface area contributed by atoms with Crippen LogP contribution in [0.5, 0.6) is 0 Å². The number of esters is 2. The van der Waals surface area contributed by atoms with Gasteiger partial charge in [0, 0.05) is 30.6 Å². The summed E-state index contributed by atoms with van der Waals surface area (Å²) in [6, 6.07) is 0. The van der Waals surface area contributed by atoms with Crippen LogP contribution in [0, 0.1) is 56.7 Å². The molecule has 0 unspecified atom stereocenters. The molecule has 0 saturated heterocycles. The summed E-state index contributed by atoms with van der Waals surface area (Å²) in [7, 11) is 0. The Morgan fingerprint density at radius 2 is 1.42 bits per heavy atom. The molecular formula is C33H52O5. The third kappa shape index (κ3) is 3.79. The second-order valence-corrected chi connectivity index (χ2v) is 15.6. The molecule has 0 radical (unpaired) electrons. The molecule has 5 aliphatic rings. The molecule has 5 rings (SSSR count). The van der Waals surface area contributed by atoms with Crippen molar-refractivity contribution in [3.8, 4) is 0 Å². The Bertz CT molecular complexity index is 1000. The van der Waals surface area contributed by atoms with E-state index in [1.165, 1.54) is 32.6 Å². The lowest BCUT2D eigenvalue weighted by atomic mass is 9.32. The fourth-order valence-electron chi connectivity index (χ4n) is 12.1. The second-order valence-electron chi connectivity index (χ2n) is 15.6. The lowest BCUT2D eigenvalue weighted by Crippen LogP contribution is -2.67. The maximum absolute atomic E-state index is 13.0. The molecule has 5 heteroatoms. The van der Waals surface area contributed by atoms with Crippen LogP contribution in [0.2, 0.25) is 0 Å². The molecule has 0 N–H and O–H groups in total. The second kappa shape index (κ2) is 9.06. The Morgan fingerprint density at radius 3 is 2.05 bits per heavy atom. The Balaban J connectivity index is 1.49. The van der Waals surface area contributed by atoms with Crippen molar-refractivity contribution in [2.45, 2.75) is 126 Å². The van der Waals surface area contributed by atoms with E-state index in [2.05, 4.69) is 34.6 Å². The molecule has 0 heterocycles. The Labute approximate surface area is 230 Å². The van der Waals surface area contributed by atoms with E-state index in [0.717, 1.165) is 38.5 Å². The Morgan fingerprint density at radius 1 is 0.711 bits per heavy atom. The summed E-state index contributed by atoms with van der Waals surface area (Å²) in [5, 5.41) is 0. The van der Waals surface area contributed by atoms with Crippen LogP contribution in [0.4, 0.5) is 0 Å². The van der Waals surface area contributed by atoms with Gasteiger partial charge in [-0.3, -0.25) is 14.4 Å². The zero-order chi connectivity index (χ0) is 27.9. The molecule has 5 fully saturated rings. The molecule has 5 aliphatic carbocycles. The number of carbonyl (C=O) groups is 3. The SMILES string of the molecule is CC(=O)OC[C@]12CC[C@H](C(C)=O)[C@H]1[C@@H]1CC[C@@H]3[C@]4(C)CC[C@H](OC(C)=O)C(C)(C)[C@@H]4CC[C@]3(C)[C@]1(C)CC2. The standard InChI is InChI=1S/C33H52O5/c1-20(34)23-11-16-33(19-37-21(2)35)18-17-31(7)24(28(23)33)9-10-26-30(6)14-13-27(38-22(3)36)29(4,5)25(30)12-15-32(26,31)8/h23-28H,9-19H2,1-8H3/t23-,24+,25+,26-,27+,28+,30-,31-,32+,33-/m1/s1. The van der Waals surface area contributed by atoms with Gasteiger partial charge in [0.15, 0.2) is 0 Å². The van der Waals surface area contributed by atoms with Gasteiger partial charge in [-0.2, -0.15) is 0 Å². The van der Waals surface area contributed by atoms with Crippen molar-refractivity contribution in [2.75, 3.05) is 6.61 Å². The van der Waals surface area contributed by atoms with E-state index in [1.54, 1.807) is 13.8 Å². The number of carbonyl (C=O) groups excluding carboxylic acids is 3. The first kappa shape index (κ1) is 28.1. The van der Waals surface area contributed by atoms with Gasteiger partial charge in [-0.25, -0.2) is 0 Å². The van der Waals surface area contributed by atoms with E-state index in [1.807, 2.05) is 0 Å². The first-order valence-electron chi connectivity index (χ1n) is 15.4. The zero-order valence-electron chi connectivity index (χ0n) is 25.3. The van der Waals surface area contributed by atoms with Gasteiger partial charge >= 0.3 is 11.9 Å². The normalized spacial score (nSPS) is 49.1. The molecule has 0 aromatic heterocycles. The van der Waals surface area contributed by atoms with Crippen molar-refractivity contribution in [1.82, 2.24) is 0 Å². The predicted octanol–water partition coefficient (Wildman–Crippen LogP) is 7.15. The highest BCUT2D eigenvalue weighted by molar-refractivity contribution is 5.79. The van der Waals surface area contributed by atoms with Crippen molar-refractivity contribution < 1.29 is 23.9 Å². The summed E-state index contributed by atoms with van der Waals surface area (Å²) in [5.41, 5.74) is 0.532. The predicted molar refractivity (Wildman–Crippen MR) is 147 cm³/mol. The van der Waals surface area contributed by atoms with Crippen LogP contribution in [0.15, 0.2) is 0 Å². The molecule has 0 aliphatic heterocycles. The average molecular weight is 529 g/mol. The minimum atomic E-state index is -0.202. The van der Waals surface area contributed by atoms with Crippen LogP contribution in [-0.4, -0.2) is 30.4 Å². The van der Waals surface area contributed by atoms with Gasteiger partial charge in [-0.1, -0.05) is 34.6 Å². The highest BCUT2D eigenvalue weighted by Gasteiger charge is 2.71. The minimum absolute atomic E-state index is 0.000688. The van der Waals surface area contributed by atoms with E-state index >= 15 is 0 Å². The lowest BCUT2D eigenvalue weighted by molar-refractivity contribution is -0.252. The van der Waals surface area contributed by atoms with Gasteiger partial charge in [0.2, 0.25) is 0 Å².